The molecule has 0 aromatic rings. The average molecular weight is 199 g/mol. The molecule has 0 aliphatic heterocycles. The number of hydrogen-bond donors (Lipinski definition) is 2. The number of unbranched alkanes of at least 4 members (excludes halogenated alkanes) is 3. The molecule has 0 heterocycles. The molecule has 0 spiro atoms. The van der Waals surface area contributed by atoms with E-state index in [9.17, 15) is 0 Å². The Bertz CT molecular complexity index is 102. The van der Waals surface area contributed by atoms with Crippen molar-refractivity contribution >= 4 is 0 Å². The predicted octanol–water partition coefficient (Wildman–Crippen LogP) is 2.36. The Hall–Kier alpha value is -0.0800. The lowest BCUT2D eigenvalue weighted by Crippen LogP contribution is -2.24. The highest BCUT2D eigenvalue weighted by atomic mass is 14.9. The molecule has 85 valence electrons. The third-order valence-corrected chi connectivity index (χ3v) is 2.19. The van der Waals surface area contributed by atoms with Gasteiger partial charge in [0.05, 0.1) is 0 Å². The quantitative estimate of drug-likeness (QED) is 0.528. The van der Waals surface area contributed by atoms with Gasteiger partial charge in [-0.3, -0.25) is 0 Å². The van der Waals surface area contributed by atoms with Gasteiger partial charge in [-0.1, -0.05) is 33.6 Å². The van der Waals surface area contributed by atoms with Crippen LogP contribution in [0.5, 0.6) is 0 Å². The first-order valence-corrected chi connectivity index (χ1v) is 6.00. The van der Waals surface area contributed by atoms with Crippen molar-refractivity contribution in [2.45, 2.75) is 52.0 Å². The second-order valence-electron chi connectivity index (χ2n) is 4.13. The highest BCUT2D eigenvalue weighted by Crippen LogP contribution is 1.91. The third kappa shape index (κ3) is 11.9. The summed E-state index contributed by atoms with van der Waals surface area (Å²) in [7, 11) is 0. The van der Waals surface area contributed by atoms with E-state index in [4.69, 9.17) is 0 Å². The van der Waals surface area contributed by atoms with Crippen LogP contribution in [-0.2, 0) is 0 Å². The first kappa shape index (κ1) is 13.9. The van der Waals surface area contributed by atoms with Crippen LogP contribution >= 0.6 is 0 Å². The van der Waals surface area contributed by atoms with Gasteiger partial charge in [0.1, 0.15) is 0 Å². The molecule has 0 rings (SSSR count). The lowest BCUT2D eigenvalue weighted by atomic mass is 10.2. The van der Waals surface area contributed by atoms with E-state index < -0.39 is 0 Å². The predicted molar refractivity (Wildman–Crippen MR) is 64.5 cm³/mol. The molecule has 0 aromatic heterocycles. The smallest absolute Gasteiger partial charge is 0.00103 e. The highest BCUT2D eigenvalue weighted by Gasteiger charge is 1.92. The largest absolute Gasteiger partial charge is 0.317 e. The molecule has 0 atom stereocenters. The van der Waals surface area contributed by atoms with E-state index in [1.165, 1.54) is 25.7 Å². The van der Waals surface area contributed by atoms with Crippen LogP contribution in [0, 0.1) is 6.92 Å². The van der Waals surface area contributed by atoms with E-state index >= 15 is 0 Å². The minimum atomic E-state index is 0.625. The summed E-state index contributed by atoms with van der Waals surface area (Å²) < 4.78 is 0. The molecule has 0 saturated carbocycles. The highest BCUT2D eigenvalue weighted by molar-refractivity contribution is 4.55. The van der Waals surface area contributed by atoms with E-state index in [0.717, 1.165) is 26.1 Å². The average Bonchev–Trinajstić information content (AvgIpc) is 2.15. The molecule has 0 bridgehead atoms. The fourth-order valence-electron chi connectivity index (χ4n) is 1.32. The van der Waals surface area contributed by atoms with Gasteiger partial charge in [-0.15, -0.1) is 0 Å². The van der Waals surface area contributed by atoms with Gasteiger partial charge in [0.25, 0.3) is 0 Å². The van der Waals surface area contributed by atoms with Crippen molar-refractivity contribution in [3.05, 3.63) is 6.92 Å². The second-order valence-corrected chi connectivity index (χ2v) is 4.13. The molecule has 2 nitrogen and oxygen atoms in total. The fraction of sp³-hybridized carbons (Fsp3) is 0.917. The van der Waals surface area contributed by atoms with Gasteiger partial charge in [-0.05, 0) is 38.9 Å². The van der Waals surface area contributed by atoms with Crippen LogP contribution in [0.2, 0.25) is 0 Å². The van der Waals surface area contributed by atoms with Crippen LogP contribution < -0.4 is 10.6 Å². The Balaban J connectivity index is 2.85. The Morgan fingerprint density at radius 2 is 1.50 bits per heavy atom. The van der Waals surface area contributed by atoms with E-state index in [1.54, 1.807) is 0 Å². The minimum absolute atomic E-state index is 0.625. The zero-order chi connectivity index (χ0) is 10.6. The van der Waals surface area contributed by atoms with Crippen molar-refractivity contribution in [1.29, 1.82) is 0 Å². The Morgan fingerprint density at radius 1 is 0.929 bits per heavy atom. The van der Waals surface area contributed by atoms with E-state index in [2.05, 4.69) is 31.4 Å². The molecular weight excluding hydrogens is 172 g/mol. The maximum absolute atomic E-state index is 3.82. The first-order valence-electron chi connectivity index (χ1n) is 6.00. The van der Waals surface area contributed by atoms with Crippen LogP contribution in [-0.4, -0.2) is 25.7 Å². The summed E-state index contributed by atoms with van der Waals surface area (Å²) in [6.45, 7) is 11.7. The summed E-state index contributed by atoms with van der Waals surface area (Å²) in [6, 6.07) is 0.625. The molecule has 2 heteroatoms. The van der Waals surface area contributed by atoms with E-state index in [1.807, 2.05) is 0 Å². The molecule has 2 N–H and O–H groups in total. The molecule has 0 aromatic carbocycles. The second kappa shape index (κ2) is 11.0. The van der Waals surface area contributed by atoms with Crippen LogP contribution in [0.25, 0.3) is 0 Å². The van der Waals surface area contributed by atoms with Crippen molar-refractivity contribution < 1.29 is 0 Å². The maximum atomic E-state index is 3.82. The topological polar surface area (TPSA) is 24.1 Å². The number of hydrogen-bond acceptors (Lipinski definition) is 2. The Kier molecular flexibility index (Phi) is 10.9. The summed E-state index contributed by atoms with van der Waals surface area (Å²) in [4.78, 5) is 0. The van der Waals surface area contributed by atoms with Crippen molar-refractivity contribution in [3.63, 3.8) is 0 Å². The summed E-state index contributed by atoms with van der Waals surface area (Å²) in [6.07, 6.45) is 6.15. The molecule has 0 aliphatic carbocycles. The normalized spacial score (nSPS) is 11.1. The molecule has 0 amide bonds. The minimum Gasteiger partial charge on any atom is -0.317 e. The Labute approximate surface area is 89.9 Å². The fourth-order valence-corrected chi connectivity index (χ4v) is 1.32. The van der Waals surface area contributed by atoms with Crippen molar-refractivity contribution in [2.24, 2.45) is 0 Å². The molecule has 1 radical (unpaired) electrons. The monoisotopic (exact) mass is 199 g/mol. The van der Waals surface area contributed by atoms with Crippen LogP contribution in [0.3, 0.4) is 0 Å². The molecule has 0 aliphatic rings. The summed E-state index contributed by atoms with van der Waals surface area (Å²) in [5.74, 6) is 0. The van der Waals surface area contributed by atoms with Gasteiger partial charge in [-0.25, -0.2) is 0 Å². The van der Waals surface area contributed by atoms with Crippen molar-refractivity contribution in [2.75, 3.05) is 19.6 Å². The summed E-state index contributed by atoms with van der Waals surface area (Å²) in [5.41, 5.74) is 0. The molecule has 0 unspecified atom stereocenters. The van der Waals surface area contributed by atoms with Crippen LogP contribution in [0.4, 0.5) is 0 Å². The lowest BCUT2D eigenvalue weighted by molar-refractivity contribution is 0.536. The molecule has 0 saturated heterocycles. The van der Waals surface area contributed by atoms with E-state index in [-0.39, 0.29) is 0 Å². The van der Waals surface area contributed by atoms with Crippen molar-refractivity contribution in [3.8, 4) is 0 Å². The SMILES string of the molecule is [CH2]CCCCNCCCCNC(C)C. The zero-order valence-electron chi connectivity index (χ0n) is 9.94. The maximum Gasteiger partial charge on any atom is 0.00103 e. The molecular formula is C12H27N2. The van der Waals surface area contributed by atoms with Gasteiger partial charge < -0.3 is 10.6 Å². The third-order valence-electron chi connectivity index (χ3n) is 2.19. The summed E-state index contributed by atoms with van der Waals surface area (Å²) >= 11 is 0. The number of nitrogens with one attached hydrogen (secondary N) is 2. The van der Waals surface area contributed by atoms with Gasteiger partial charge in [-0.2, -0.15) is 0 Å². The van der Waals surface area contributed by atoms with Crippen LogP contribution in [0.1, 0.15) is 46.0 Å². The van der Waals surface area contributed by atoms with Crippen molar-refractivity contribution in [1.82, 2.24) is 10.6 Å². The molecule has 0 fully saturated rings. The van der Waals surface area contributed by atoms with Crippen LogP contribution in [0.15, 0.2) is 0 Å². The standard InChI is InChI=1S/C12H27N2/c1-4-5-6-9-13-10-7-8-11-14-12(2)3/h12-14H,1,4-11H2,2-3H3. The summed E-state index contributed by atoms with van der Waals surface area (Å²) in [5, 5.41) is 6.87. The zero-order valence-corrected chi connectivity index (χ0v) is 9.94. The number of rotatable bonds is 10. The van der Waals surface area contributed by atoms with Gasteiger partial charge >= 0.3 is 0 Å². The lowest BCUT2D eigenvalue weighted by Gasteiger charge is -2.08. The molecule has 14 heavy (non-hydrogen) atoms. The Morgan fingerprint density at radius 3 is 2.07 bits per heavy atom. The van der Waals surface area contributed by atoms with Gasteiger partial charge in [0.2, 0.25) is 0 Å². The first-order chi connectivity index (χ1) is 6.77. The van der Waals surface area contributed by atoms with E-state index in [0.29, 0.717) is 6.04 Å². The van der Waals surface area contributed by atoms with Gasteiger partial charge in [0.15, 0.2) is 0 Å². The van der Waals surface area contributed by atoms with Gasteiger partial charge in [0, 0.05) is 6.04 Å².